The Morgan fingerprint density at radius 3 is 2.72 bits per heavy atom. The maximum Gasteiger partial charge on any atom is 0.252 e. The molecule has 0 saturated carbocycles. The second kappa shape index (κ2) is 10.6. The average molecular weight is 489 g/mol. The third-order valence-electron chi connectivity index (χ3n) is 6.89. The van der Waals surface area contributed by atoms with Crippen LogP contribution in [0.25, 0.3) is 10.9 Å². The van der Waals surface area contributed by atoms with Crippen LogP contribution < -0.4 is 10.3 Å². The summed E-state index contributed by atoms with van der Waals surface area (Å²) in [5.74, 6) is 1.55. The first-order chi connectivity index (χ1) is 17.5. The fourth-order valence-corrected chi connectivity index (χ4v) is 4.78. The fraction of sp³-hybridized carbons (Fsp3) is 0.407. The standard InChI is InChI=1S/C27H32N6O3/c1-18-11-21-13-22(27(34)28-24(21)12-19(18)2)15-32(14-20-7-4-5-9-25(20)35-3)17-26-29-30-31-33(26)16-23-8-6-10-36-23/h4-5,7,9,11-13,23H,6,8,10,14-17H2,1-3H3,(H,28,34). The summed E-state index contributed by atoms with van der Waals surface area (Å²) in [6.45, 7) is 7.02. The molecule has 1 N–H and O–H groups in total. The molecule has 0 aliphatic carbocycles. The molecule has 2 aromatic heterocycles. The highest BCUT2D eigenvalue weighted by atomic mass is 16.5. The van der Waals surface area contributed by atoms with Gasteiger partial charge in [0.15, 0.2) is 5.82 Å². The molecule has 9 nitrogen and oxygen atoms in total. The van der Waals surface area contributed by atoms with Gasteiger partial charge in [0.2, 0.25) is 0 Å². The van der Waals surface area contributed by atoms with E-state index < -0.39 is 0 Å². The third-order valence-corrected chi connectivity index (χ3v) is 6.89. The minimum absolute atomic E-state index is 0.0882. The number of aromatic nitrogens is 5. The first-order valence-electron chi connectivity index (χ1n) is 12.3. The zero-order chi connectivity index (χ0) is 25.1. The second-order valence-electron chi connectivity index (χ2n) is 9.52. The van der Waals surface area contributed by atoms with Crippen LogP contribution in [0.3, 0.4) is 0 Å². The van der Waals surface area contributed by atoms with Gasteiger partial charge in [0.1, 0.15) is 5.75 Å². The topological polar surface area (TPSA) is 98.2 Å². The maximum atomic E-state index is 13.1. The quantitative estimate of drug-likeness (QED) is 0.385. The predicted octanol–water partition coefficient (Wildman–Crippen LogP) is 3.52. The molecule has 3 heterocycles. The number of ether oxygens (including phenoxy) is 2. The van der Waals surface area contributed by atoms with Crippen molar-refractivity contribution in [2.75, 3.05) is 13.7 Å². The minimum Gasteiger partial charge on any atom is -0.496 e. The van der Waals surface area contributed by atoms with Crippen molar-refractivity contribution in [2.45, 2.75) is 59.0 Å². The zero-order valence-corrected chi connectivity index (χ0v) is 21.0. The van der Waals surface area contributed by atoms with Crippen molar-refractivity contribution >= 4 is 10.9 Å². The van der Waals surface area contributed by atoms with Gasteiger partial charge in [-0.25, -0.2) is 4.68 Å². The van der Waals surface area contributed by atoms with Crippen LogP contribution in [0.4, 0.5) is 0 Å². The lowest BCUT2D eigenvalue weighted by atomic mass is 10.0. The van der Waals surface area contributed by atoms with Gasteiger partial charge in [0.25, 0.3) is 5.56 Å². The summed E-state index contributed by atoms with van der Waals surface area (Å²) in [4.78, 5) is 18.3. The number of nitrogens with zero attached hydrogens (tertiary/aromatic N) is 5. The number of fused-ring (bicyclic) bond motifs is 1. The highest BCUT2D eigenvalue weighted by Crippen LogP contribution is 2.23. The van der Waals surface area contributed by atoms with Crippen molar-refractivity contribution in [2.24, 2.45) is 0 Å². The van der Waals surface area contributed by atoms with Crippen molar-refractivity contribution in [3.63, 3.8) is 0 Å². The van der Waals surface area contributed by atoms with Crippen LogP contribution in [-0.4, -0.2) is 49.9 Å². The van der Waals surface area contributed by atoms with Gasteiger partial charge in [-0.15, -0.1) is 5.10 Å². The molecule has 0 spiro atoms. The molecule has 2 aromatic carbocycles. The molecule has 1 aliphatic heterocycles. The van der Waals surface area contributed by atoms with Crippen LogP contribution in [0.15, 0.2) is 47.3 Å². The number of hydrogen-bond acceptors (Lipinski definition) is 7. The van der Waals surface area contributed by atoms with E-state index in [-0.39, 0.29) is 11.7 Å². The lowest BCUT2D eigenvalue weighted by Gasteiger charge is -2.23. The van der Waals surface area contributed by atoms with E-state index in [1.165, 1.54) is 5.56 Å². The van der Waals surface area contributed by atoms with Gasteiger partial charge in [-0.1, -0.05) is 18.2 Å². The van der Waals surface area contributed by atoms with E-state index in [1.807, 2.05) is 41.1 Å². The van der Waals surface area contributed by atoms with Gasteiger partial charge >= 0.3 is 0 Å². The number of aryl methyl sites for hydroxylation is 2. The predicted molar refractivity (Wildman–Crippen MR) is 137 cm³/mol. The van der Waals surface area contributed by atoms with E-state index in [0.29, 0.717) is 31.7 Å². The Kier molecular flexibility index (Phi) is 7.11. The van der Waals surface area contributed by atoms with Gasteiger partial charge in [0.05, 0.1) is 26.3 Å². The molecule has 1 atom stereocenters. The fourth-order valence-electron chi connectivity index (χ4n) is 4.78. The summed E-state index contributed by atoms with van der Waals surface area (Å²) in [5, 5.41) is 13.5. The summed E-state index contributed by atoms with van der Waals surface area (Å²) in [5.41, 5.74) is 4.83. The van der Waals surface area contributed by atoms with Gasteiger partial charge in [0, 0.05) is 36.3 Å². The molecule has 1 fully saturated rings. The first kappa shape index (κ1) is 24.1. The Labute approximate surface area is 210 Å². The monoisotopic (exact) mass is 488 g/mol. The van der Waals surface area contributed by atoms with Gasteiger partial charge in [-0.2, -0.15) is 0 Å². The van der Waals surface area contributed by atoms with Gasteiger partial charge in [-0.3, -0.25) is 9.69 Å². The molecule has 188 valence electrons. The SMILES string of the molecule is COc1ccccc1CN(Cc1cc2cc(C)c(C)cc2[nH]c1=O)Cc1nnnn1CC1CCCO1. The van der Waals surface area contributed by atoms with E-state index in [1.54, 1.807) is 7.11 Å². The van der Waals surface area contributed by atoms with E-state index in [0.717, 1.165) is 53.1 Å². The highest BCUT2D eigenvalue weighted by Gasteiger charge is 2.21. The number of aromatic amines is 1. The Bertz CT molecular complexity index is 1410. The lowest BCUT2D eigenvalue weighted by Crippen LogP contribution is -2.29. The molecule has 4 aromatic rings. The smallest absolute Gasteiger partial charge is 0.252 e. The molecular formula is C27H32N6O3. The normalized spacial score (nSPS) is 15.7. The molecule has 1 aliphatic rings. The Hall–Kier alpha value is -3.56. The van der Waals surface area contributed by atoms with E-state index in [4.69, 9.17) is 9.47 Å². The number of methoxy groups -OCH3 is 1. The highest BCUT2D eigenvalue weighted by molar-refractivity contribution is 5.80. The number of H-pyrrole nitrogens is 1. The molecule has 0 radical (unpaired) electrons. The maximum absolute atomic E-state index is 13.1. The molecule has 1 saturated heterocycles. The van der Waals surface area contributed by atoms with Crippen LogP contribution >= 0.6 is 0 Å². The van der Waals surface area contributed by atoms with Crippen LogP contribution in [0.1, 0.15) is 40.9 Å². The summed E-state index contributed by atoms with van der Waals surface area (Å²) < 4.78 is 13.2. The number of pyridine rings is 1. The van der Waals surface area contributed by atoms with Crippen molar-refractivity contribution in [1.82, 2.24) is 30.1 Å². The van der Waals surface area contributed by atoms with E-state index >= 15 is 0 Å². The van der Waals surface area contributed by atoms with Gasteiger partial charge in [-0.05, 0) is 77.9 Å². The Balaban J connectivity index is 1.46. The molecular weight excluding hydrogens is 456 g/mol. The largest absolute Gasteiger partial charge is 0.496 e. The van der Waals surface area contributed by atoms with Crippen molar-refractivity contribution in [3.05, 3.63) is 80.9 Å². The average Bonchev–Trinajstić information content (AvgIpc) is 3.54. The number of hydrogen-bond donors (Lipinski definition) is 1. The summed E-state index contributed by atoms with van der Waals surface area (Å²) in [6, 6.07) is 14.1. The number of nitrogens with one attached hydrogen (secondary N) is 1. The van der Waals surface area contributed by atoms with Crippen molar-refractivity contribution in [3.8, 4) is 5.75 Å². The van der Waals surface area contributed by atoms with Crippen molar-refractivity contribution in [1.29, 1.82) is 0 Å². The number of para-hydroxylation sites is 1. The Morgan fingerprint density at radius 1 is 1.11 bits per heavy atom. The first-order valence-corrected chi connectivity index (χ1v) is 12.3. The number of benzene rings is 2. The zero-order valence-electron chi connectivity index (χ0n) is 21.0. The molecule has 5 rings (SSSR count). The van der Waals surface area contributed by atoms with E-state index in [2.05, 4.69) is 45.3 Å². The number of rotatable bonds is 9. The lowest BCUT2D eigenvalue weighted by molar-refractivity contribution is 0.0914. The second-order valence-corrected chi connectivity index (χ2v) is 9.52. The summed E-state index contributed by atoms with van der Waals surface area (Å²) in [7, 11) is 1.67. The molecule has 0 amide bonds. The molecule has 9 heteroatoms. The Morgan fingerprint density at radius 2 is 1.92 bits per heavy atom. The molecule has 1 unspecified atom stereocenters. The van der Waals surface area contributed by atoms with Crippen LogP contribution in [0.5, 0.6) is 5.75 Å². The molecule has 0 bridgehead atoms. The van der Waals surface area contributed by atoms with Gasteiger partial charge < -0.3 is 14.5 Å². The number of tetrazole rings is 1. The third kappa shape index (κ3) is 5.32. The van der Waals surface area contributed by atoms with Crippen LogP contribution in [0.2, 0.25) is 0 Å². The van der Waals surface area contributed by atoms with E-state index in [9.17, 15) is 4.79 Å². The van der Waals surface area contributed by atoms with Crippen LogP contribution in [0, 0.1) is 13.8 Å². The van der Waals surface area contributed by atoms with Crippen molar-refractivity contribution < 1.29 is 9.47 Å². The molecule has 36 heavy (non-hydrogen) atoms. The minimum atomic E-state index is -0.0882. The summed E-state index contributed by atoms with van der Waals surface area (Å²) >= 11 is 0. The summed E-state index contributed by atoms with van der Waals surface area (Å²) in [6.07, 6.45) is 2.20. The van der Waals surface area contributed by atoms with Crippen LogP contribution in [-0.2, 0) is 30.9 Å².